The van der Waals surface area contributed by atoms with E-state index in [0.717, 1.165) is 11.8 Å². The van der Waals surface area contributed by atoms with Crippen molar-refractivity contribution in [2.75, 3.05) is 0 Å². The molecule has 1 unspecified atom stereocenters. The van der Waals surface area contributed by atoms with Crippen molar-refractivity contribution in [2.45, 2.75) is 19.5 Å². The molecule has 0 aromatic heterocycles. The van der Waals surface area contributed by atoms with Crippen molar-refractivity contribution >= 4 is 12.0 Å². The summed E-state index contributed by atoms with van der Waals surface area (Å²) < 4.78 is 13.2. The lowest BCUT2D eigenvalue weighted by molar-refractivity contribution is -0.107. The SMILES string of the molecule is C/C=C/C1C(C=O)=C(c2ccc(F)cc2)ON1Cc1ccc(O)cc1. The second-order valence-electron chi connectivity index (χ2n) is 5.71. The Morgan fingerprint density at radius 2 is 1.84 bits per heavy atom. The molecule has 3 rings (SSSR count). The van der Waals surface area contributed by atoms with Gasteiger partial charge in [0.2, 0.25) is 0 Å². The third-order valence-corrected chi connectivity index (χ3v) is 3.98. The Morgan fingerprint density at radius 3 is 2.44 bits per heavy atom. The summed E-state index contributed by atoms with van der Waals surface area (Å²) in [5.74, 6) is 0.271. The van der Waals surface area contributed by atoms with Gasteiger partial charge in [0.25, 0.3) is 0 Å². The molecule has 0 radical (unpaired) electrons. The number of benzene rings is 2. The van der Waals surface area contributed by atoms with E-state index in [1.807, 2.05) is 19.1 Å². The summed E-state index contributed by atoms with van der Waals surface area (Å²) >= 11 is 0. The lowest BCUT2D eigenvalue weighted by atomic mass is 10.0. The molecule has 4 nitrogen and oxygen atoms in total. The molecular weight excluding hydrogens is 321 g/mol. The van der Waals surface area contributed by atoms with E-state index in [1.165, 1.54) is 12.1 Å². The predicted octanol–water partition coefficient (Wildman–Crippen LogP) is 3.83. The van der Waals surface area contributed by atoms with Crippen LogP contribution in [0, 0.1) is 5.82 Å². The van der Waals surface area contributed by atoms with Gasteiger partial charge in [-0.25, -0.2) is 4.39 Å². The van der Waals surface area contributed by atoms with Gasteiger partial charge in [-0.2, -0.15) is 0 Å². The van der Waals surface area contributed by atoms with Crippen LogP contribution >= 0.6 is 0 Å². The predicted molar refractivity (Wildman–Crippen MR) is 92.7 cm³/mol. The smallest absolute Gasteiger partial charge is 0.163 e. The Bertz CT molecular complexity index is 810. The highest BCUT2D eigenvalue weighted by atomic mass is 19.1. The number of carbonyl (C=O) groups excluding carboxylic acids is 1. The molecule has 0 aliphatic carbocycles. The Hall–Kier alpha value is -2.92. The molecule has 1 N–H and O–H groups in total. The molecule has 1 heterocycles. The van der Waals surface area contributed by atoms with Crippen molar-refractivity contribution in [1.82, 2.24) is 5.06 Å². The van der Waals surface area contributed by atoms with Gasteiger partial charge in [-0.15, -0.1) is 5.06 Å². The van der Waals surface area contributed by atoms with Crippen molar-refractivity contribution < 1.29 is 19.1 Å². The van der Waals surface area contributed by atoms with Crippen LogP contribution in [0.25, 0.3) is 5.76 Å². The van der Waals surface area contributed by atoms with Gasteiger partial charge in [-0.3, -0.25) is 4.79 Å². The molecule has 0 spiro atoms. The van der Waals surface area contributed by atoms with Crippen molar-refractivity contribution in [2.24, 2.45) is 0 Å². The highest BCUT2D eigenvalue weighted by Crippen LogP contribution is 2.34. The normalized spacial score (nSPS) is 17.9. The maximum absolute atomic E-state index is 13.2. The van der Waals surface area contributed by atoms with Crippen LogP contribution in [0.1, 0.15) is 18.1 Å². The lowest BCUT2D eigenvalue weighted by Crippen LogP contribution is -2.29. The van der Waals surface area contributed by atoms with Gasteiger partial charge in [0, 0.05) is 5.56 Å². The third kappa shape index (κ3) is 3.61. The number of carbonyl (C=O) groups is 1. The quantitative estimate of drug-likeness (QED) is 0.664. The molecule has 1 atom stereocenters. The topological polar surface area (TPSA) is 49.8 Å². The molecule has 2 aromatic rings. The highest BCUT2D eigenvalue weighted by molar-refractivity contribution is 5.89. The lowest BCUT2D eigenvalue weighted by Gasteiger charge is -2.21. The summed E-state index contributed by atoms with van der Waals surface area (Å²) in [7, 11) is 0. The molecular formula is C20H18FNO3. The number of hydrogen-bond donors (Lipinski definition) is 1. The van der Waals surface area contributed by atoms with Crippen LogP contribution in [0.5, 0.6) is 5.75 Å². The second-order valence-corrected chi connectivity index (χ2v) is 5.71. The van der Waals surface area contributed by atoms with E-state index >= 15 is 0 Å². The number of halogens is 1. The molecule has 5 heteroatoms. The largest absolute Gasteiger partial charge is 0.508 e. The Labute approximate surface area is 145 Å². The molecule has 2 aromatic carbocycles. The van der Waals surface area contributed by atoms with Crippen LogP contribution in [-0.2, 0) is 16.2 Å². The van der Waals surface area contributed by atoms with Crippen LogP contribution in [-0.4, -0.2) is 22.5 Å². The van der Waals surface area contributed by atoms with Crippen LogP contribution < -0.4 is 0 Å². The van der Waals surface area contributed by atoms with Crippen LogP contribution in [0.15, 0.2) is 66.3 Å². The summed E-state index contributed by atoms with van der Waals surface area (Å²) in [5.41, 5.74) is 2.06. The third-order valence-electron chi connectivity index (χ3n) is 3.98. The van der Waals surface area contributed by atoms with Gasteiger partial charge < -0.3 is 9.94 Å². The molecule has 1 aliphatic heterocycles. The Kier molecular flexibility index (Phi) is 4.95. The van der Waals surface area contributed by atoms with E-state index < -0.39 is 0 Å². The first-order chi connectivity index (χ1) is 12.1. The Morgan fingerprint density at radius 1 is 1.16 bits per heavy atom. The van der Waals surface area contributed by atoms with E-state index in [4.69, 9.17) is 4.84 Å². The van der Waals surface area contributed by atoms with Gasteiger partial charge in [-0.05, 0) is 48.9 Å². The van der Waals surface area contributed by atoms with Crippen LogP contribution in [0.2, 0.25) is 0 Å². The maximum Gasteiger partial charge on any atom is 0.163 e. The van der Waals surface area contributed by atoms with Gasteiger partial charge in [0.1, 0.15) is 11.6 Å². The molecule has 0 fully saturated rings. The number of rotatable bonds is 5. The van der Waals surface area contributed by atoms with Crippen LogP contribution in [0.3, 0.4) is 0 Å². The van der Waals surface area contributed by atoms with Crippen molar-refractivity contribution in [1.29, 1.82) is 0 Å². The van der Waals surface area contributed by atoms with E-state index in [0.29, 0.717) is 23.4 Å². The first-order valence-corrected chi connectivity index (χ1v) is 7.93. The number of aromatic hydroxyl groups is 1. The summed E-state index contributed by atoms with van der Waals surface area (Å²) in [6, 6.07) is 12.3. The minimum atomic E-state index is -0.346. The van der Waals surface area contributed by atoms with Gasteiger partial charge >= 0.3 is 0 Å². The summed E-state index contributed by atoms with van der Waals surface area (Å²) in [6.45, 7) is 2.30. The first kappa shape index (κ1) is 16.9. The number of allylic oxidation sites excluding steroid dienone is 1. The van der Waals surface area contributed by atoms with Gasteiger partial charge in [-0.1, -0.05) is 24.3 Å². The van der Waals surface area contributed by atoms with Crippen molar-refractivity contribution in [3.05, 3.63) is 83.2 Å². The zero-order chi connectivity index (χ0) is 17.8. The van der Waals surface area contributed by atoms with E-state index in [1.54, 1.807) is 41.5 Å². The standard InChI is InChI=1S/C20H18FNO3/c1-2-3-19-18(13-23)20(15-6-8-16(21)9-7-15)25-22(19)12-14-4-10-17(24)11-5-14/h2-11,13,19,24H,12H2,1H3/b3-2+. The van der Waals surface area contributed by atoms with Crippen molar-refractivity contribution in [3.63, 3.8) is 0 Å². The number of phenols is 1. The van der Waals surface area contributed by atoms with Gasteiger partial charge in [0.15, 0.2) is 12.0 Å². The summed E-state index contributed by atoms with van der Waals surface area (Å²) in [5, 5.41) is 11.1. The highest BCUT2D eigenvalue weighted by Gasteiger charge is 2.34. The minimum absolute atomic E-state index is 0.190. The fourth-order valence-corrected chi connectivity index (χ4v) is 2.75. The number of nitrogens with zero attached hydrogens (tertiary/aromatic N) is 1. The number of phenolic OH excluding ortho intramolecular Hbond substituents is 1. The number of hydroxylamine groups is 2. The molecule has 0 saturated carbocycles. The average Bonchev–Trinajstić information content (AvgIpc) is 2.95. The fraction of sp³-hybridized carbons (Fsp3) is 0.150. The maximum atomic E-state index is 13.2. The molecule has 0 saturated heterocycles. The second kappa shape index (κ2) is 7.32. The average molecular weight is 339 g/mol. The molecule has 25 heavy (non-hydrogen) atoms. The van der Waals surface area contributed by atoms with Crippen molar-refractivity contribution in [3.8, 4) is 5.75 Å². The van der Waals surface area contributed by atoms with E-state index in [-0.39, 0.29) is 17.6 Å². The van der Waals surface area contributed by atoms with Crippen LogP contribution in [0.4, 0.5) is 4.39 Å². The van der Waals surface area contributed by atoms with E-state index in [2.05, 4.69) is 0 Å². The molecule has 128 valence electrons. The molecule has 1 aliphatic rings. The fourth-order valence-electron chi connectivity index (χ4n) is 2.75. The minimum Gasteiger partial charge on any atom is -0.508 e. The molecule has 0 amide bonds. The zero-order valence-corrected chi connectivity index (χ0v) is 13.7. The summed E-state index contributed by atoms with van der Waals surface area (Å²) in [6.07, 6.45) is 4.51. The number of hydrogen-bond acceptors (Lipinski definition) is 4. The molecule has 0 bridgehead atoms. The summed E-state index contributed by atoms with van der Waals surface area (Å²) in [4.78, 5) is 17.6. The van der Waals surface area contributed by atoms with E-state index in [9.17, 15) is 14.3 Å². The Balaban J connectivity index is 1.92. The van der Waals surface area contributed by atoms with Gasteiger partial charge in [0.05, 0.1) is 18.2 Å². The zero-order valence-electron chi connectivity index (χ0n) is 13.7. The number of aldehydes is 1. The monoisotopic (exact) mass is 339 g/mol. The first-order valence-electron chi connectivity index (χ1n) is 7.93.